The third kappa shape index (κ3) is 3.46. The van der Waals surface area contributed by atoms with E-state index in [1.807, 2.05) is 27.7 Å². The van der Waals surface area contributed by atoms with Gasteiger partial charge in [0.2, 0.25) is 0 Å². The predicted molar refractivity (Wildman–Crippen MR) is 68.5 cm³/mol. The Kier molecular flexibility index (Phi) is 4.33. The first-order chi connectivity index (χ1) is 7.35. The van der Waals surface area contributed by atoms with Crippen LogP contribution in [-0.4, -0.2) is 22.3 Å². The minimum atomic E-state index is -0.275. The van der Waals surface area contributed by atoms with Crippen molar-refractivity contribution in [2.24, 2.45) is 0 Å². The van der Waals surface area contributed by atoms with Crippen LogP contribution in [-0.2, 0) is 0 Å². The van der Waals surface area contributed by atoms with Gasteiger partial charge in [-0.05, 0) is 34.1 Å². The number of aromatic nitrogens is 1. The third-order valence-electron chi connectivity index (χ3n) is 2.28. The van der Waals surface area contributed by atoms with E-state index < -0.39 is 0 Å². The second-order valence-electron chi connectivity index (χ2n) is 4.42. The first-order valence-corrected chi connectivity index (χ1v) is 6.53. The number of thiazole rings is 1. The summed E-state index contributed by atoms with van der Waals surface area (Å²) in [5.74, 6) is 0.478. The lowest BCUT2D eigenvalue weighted by Gasteiger charge is -2.24. The summed E-state index contributed by atoms with van der Waals surface area (Å²) in [6.45, 7) is 7.69. The van der Waals surface area contributed by atoms with E-state index in [0.29, 0.717) is 10.8 Å². The molecule has 0 saturated carbocycles. The predicted octanol–water partition coefficient (Wildman–Crippen LogP) is 2.90. The van der Waals surface area contributed by atoms with Gasteiger partial charge in [0.25, 0.3) is 5.91 Å². The molecule has 0 saturated heterocycles. The fourth-order valence-corrected chi connectivity index (χ4v) is 2.69. The van der Waals surface area contributed by atoms with E-state index in [1.54, 1.807) is 0 Å². The number of rotatable bonds is 4. The van der Waals surface area contributed by atoms with Gasteiger partial charge in [0.05, 0.1) is 10.7 Å². The number of carbonyl (C=O) groups is 1. The highest BCUT2D eigenvalue weighted by Gasteiger charge is 2.22. The van der Waals surface area contributed by atoms with E-state index in [4.69, 9.17) is 11.6 Å². The molecule has 0 aliphatic heterocycles. The molecule has 1 amide bonds. The number of nitrogens with one attached hydrogen (secondary N) is 1. The van der Waals surface area contributed by atoms with Crippen LogP contribution >= 0.6 is 22.9 Å². The Morgan fingerprint density at radius 3 is 2.56 bits per heavy atom. The first kappa shape index (κ1) is 13.5. The molecule has 0 radical (unpaired) electrons. The summed E-state index contributed by atoms with van der Waals surface area (Å²) in [6, 6.07) is 0. The smallest absolute Gasteiger partial charge is 0.263 e. The van der Waals surface area contributed by atoms with E-state index >= 15 is 0 Å². The van der Waals surface area contributed by atoms with Gasteiger partial charge in [-0.2, -0.15) is 0 Å². The Morgan fingerprint density at radius 1 is 1.50 bits per heavy atom. The molecule has 1 aromatic rings. The zero-order chi connectivity index (χ0) is 12.3. The number of aryl methyl sites for hydroxylation is 2. The van der Waals surface area contributed by atoms with Gasteiger partial charge in [-0.3, -0.25) is 4.79 Å². The second-order valence-corrected chi connectivity index (χ2v) is 6.01. The maximum atomic E-state index is 12.0. The average molecular weight is 261 g/mol. The highest BCUT2D eigenvalue weighted by molar-refractivity contribution is 7.13. The Labute approximate surface area is 105 Å². The number of amides is 1. The molecule has 1 N–H and O–H groups in total. The molecule has 0 atom stereocenters. The molecule has 0 aromatic carbocycles. The summed E-state index contributed by atoms with van der Waals surface area (Å²) in [5.41, 5.74) is 0.519. The summed E-state index contributed by atoms with van der Waals surface area (Å²) in [5, 5.41) is 3.89. The van der Waals surface area contributed by atoms with Crippen LogP contribution in [0.4, 0.5) is 0 Å². The molecule has 90 valence electrons. The number of alkyl halides is 1. The van der Waals surface area contributed by atoms with E-state index in [2.05, 4.69) is 10.3 Å². The molecule has 0 spiro atoms. The lowest BCUT2D eigenvalue weighted by Crippen LogP contribution is -2.43. The first-order valence-electron chi connectivity index (χ1n) is 5.18. The minimum Gasteiger partial charge on any atom is -0.346 e. The van der Waals surface area contributed by atoms with Crippen molar-refractivity contribution < 1.29 is 4.79 Å². The molecule has 1 rings (SSSR count). The van der Waals surface area contributed by atoms with Crippen LogP contribution in [0.2, 0.25) is 0 Å². The normalized spacial score (nSPS) is 11.6. The topological polar surface area (TPSA) is 42.0 Å². The van der Waals surface area contributed by atoms with Crippen molar-refractivity contribution in [2.75, 3.05) is 5.88 Å². The molecule has 5 heteroatoms. The van der Waals surface area contributed by atoms with E-state index in [1.165, 1.54) is 11.3 Å². The van der Waals surface area contributed by atoms with Crippen molar-refractivity contribution in [1.29, 1.82) is 0 Å². The van der Waals surface area contributed by atoms with Gasteiger partial charge in [0.15, 0.2) is 0 Å². The lowest BCUT2D eigenvalue weighted by atomic mass is 10.0. The molecule has 16 heavy (non-hydrogen) atoms. The largest absolute Gasteiger partial charge is 0.346 e. The summed E-state index contributed by atoms with van der Waals surface area (Å²) < 4.78 is 0. The van der Waals surface area contributed by atoms with Crippen LogP contribution in [0.1, 0.15) is 40.6 Å². The monoisotopic (exact) mass is 260 g/mol. The van der Waals surface area contributed by atoms with Crippen molar-refractivity contribution in [3.63, 3.8) is 0 Å². The van der Waals surface area contributed by atoms with E-state index in [-0.39, 0.29) is 11.4 Å². The summed E-state index contributed by atoms with van der Waals surface area (Å²) in [4.78, 5) is 16.9. The molecule has 0 aliphatic rings. The van der Waals surface area contributed by atoms with E-state index in [9.17, 15) is 4.79 Å². The van der Waals surface area contributed by atoms with Crippen molar-refractivity contribution in [2.45, 2.75) is 39.7 Å². The summed E-state index contributed by atoms with van der Waals surface area (Å²) in [7, 11) is 0. The van der Waals surface area contributed by atoms with Gasteiger partial charge in [0, 0.05) is 11.4 Å². The fraction of sp³-hybridized carbons (Fsp3) is 0.636. The Hall–Kier alpha value is -0.610. The van der Waals surface area contributed by atoms with Crippen molar-refractivity contribution in [3.8, 4) is 0 Å². The molecule has 3 nitrogen and oxygen atoms in total. The quantitative estimate of drug-likeness (QED) is 0.846. The number of halogens is 1. The SMILES string of the molecule is Cc1nc(C)c(C(=O)NC(C)(C)CCCl)s1. The number of hydrogen-bond acceptors (Lipinski definition) is 3. The zero-order valence-corrected chi connectivity index (χ0v) is 11.6. The van der Waals surface area contributed by atoms with Gasteiger partial charge in [-0.1, -0.05) is 0 Å². The molecule has 0 unspecified atom stereocenters. The van der Waals surface area contributed by atoms with Gasteiger partial charge in [-0.25, -0.2) is 4.98 Å². The maximum Gasteiger partial charge on any atom is 0.263 e. The van der Waals surface area contributed by atoms with Crippen LogP contribution < -0.4 is 5.32 Å². The third-order valence-corrected chi connectivity index (χ3v) is 3.54. The molecular formula is C11H17ClN2OS. The van der Waals surface area contributed by atoms with Gasteiger partial charge >= 0.3 is 0 Å². The molecular weight excluding hydrogens is 244 g/mol. The molecule has 0 aliphatic carbocycles. The molecule has 1 heterocycles. The van der Waals surface area contributed by atoms with Crippen molar-refractivity contribution in [3.05, 3.63) is 15.6 Å². The maximum absolute atomic E-state index is 12.0. The van der Waals surface area contributed by atoms with Crippen LogP contribution in [0.3, 0.4) is 0 Å². The fourth-order valence-electron chi connectivity index (χ4n) is 1.40. The van der Waals surface area contributed by atoms with Crippen molar-refractivity contribution >= 4 is 28.8 Å². The minimum absolute atomic E-state index is 0.0572. The Bertz CT molecular complexity index is 387. The second kappa shape index (κ2) is 5.15. The van der Waals surface area contributed by atoms with Crippen molar-refractivity contribution in [1.82, 2.24) is 10.3 Å². The average Bonchev–Trinajstić information content (AvgIpc) is 2.44. The highest BCUT2D eigenvalue weighted by Crippen LogP contribution is 2.19. The summed E-state index contributed by atoms with van der Waals surface area (Å²) >= 11 is 7.11. The number of hydrogen-bond donors (Lipinski definition) is 1. The van der Waals surface area contributed by atoms with Crippen LogP contribution in [0, 0.1) is 13.8 Å². The zero-order valence-electron chi connectivity index (χ0n) is 10.1. The lowest BCUT2D eigenvalue weighted by molar-refractivity contribution is 0.0915. The van der Waals surface area contributed by atoms with Gasteiger partial charge in [0.1, 0.15) is 4.88 Å². The molecule has 0 fully saturated rings. The number of nitrogens with zero attached hydrogens (tertiary/aromatic N) is 1. The standard InChI is InChI=1S/C11H17ClN2OS/c1-7-9(16-8(2)13-7)10(15)14-11(3,4)5-6-12/h5-6H2,1-4H3,(H,14,15). The van der Waals surface area contributed by atoms with Crippen LogP contribution in [0.15, 0.2) is 0 Å². The number of carbonyl (C=O) groups excluding carboxylic acids is 1. The molecule has 1 aromatic heterocycles. The van der Waals surface area contributed by atoms with Gasteiger partial charge < -0.3 is 5.32 Å². The van der Waals surface area contributed by atoms with Crippen LogP contribution in [0.25, 0.3) is 0 Å². The Balaban J connectivity index is 2.76. The van der Waals surface area contributed by atoms with Gasteiger partial charge in [-0.15, -0.1) is 22.9 Å². The Morgan fingerprint density at radius 2 is 2.12 bits per heavy atom. The highest BCUT2D eigenvalue weighted by atomic mass is 35.5. The summed E-state index contributed by atoms with van der Waals surface area (Å²) in [6.07, 6.45) is 0.747. The van der Waals surface area contributed by atoms with Crippen LogP contribution in [0.5, 0.6) is 0 Å². The van der Waals surface area contributed by atoms with E-state index in [0.717, 1.165) is 17.1 Å². The molecule has 0 bridgehead atoms.